The van der Waals surface area contributed by atoms with Gasteiger partial charge < -0.3 is 30.7 Å². The number of amides is 3. The minimum atomic E-state index is -0.873. The minimum absolute atomic E-state index is 0.0213. The molecule has 1 heterocycles. The van der Waals surface area contributed by atoms with E-state index in [1.54, 1.807) is 6.92 Å². The molecule has 1 aromatic carbocycles. The Labute approximate surface area is 214 Å². The second kappa shape index (κ2) is 13.9. The fourth-order valence-corrected chi connectivity index (χ4v) is 5.80. The summed E-state index contributed by atoms with van der Waals surface area (Å²) in [6, 6.07) is 7.49. The number of primary amides is 1. The fourth-order valence-electron chi connectivity index (χ4n) is 5.60. The van der Waals surface area contributed by atoms with E-state index in [9.17, 15) is 9.59 Å². The average Bonchev–Trinajstić information content (AvgIpc) is 2.83. The van der Waals surface area contributed by atoms with Gasteiger partial charge in [0.25, 0.3) is 0 Å². The zero-order valence-electron chi connectivity index (χ0n) is 21.0. The standard InChI is InChI=1S/C26H41ClN4O4/c1-18(35-25(28)32)34-17-21-11-7-13-31(24(21)20-10-6-12-22(27)15-20)26(33)30-23(16-29-2)14-19-8-4-3-5-9-19/h6,10,12,15,18-19,21,23-24,29H,3-5,7-9,11,13-14,16-17H2,1-2H3,(H2,28,32)(H,30,33)/t18?,21-,23-,24-/m0/s1. The molecule has 3 amide bonds. The molecule has 35 heavy (non-hydrogen) atoms. The summed E-state index contributed by atoms with van der Waals surface area (Å²) in [5.41, 5.74) is 6.09. The van der Waals surface area contributed by atoms with Crippen LogP contribution in [-0.4, -0.2) is 56.1 Å². The van der Waals surface area contributed by atoms with Crippen LogP contribution >= 0.6 is 11.6 Å². The molecule has 0 bridgehead atoms. The van der Waals surface area contributed by atoms with Gasteiger partial charge in [-0.25, -0.2) is 9.59 Å². The predicted molar refractivity (Wildman–Crippen MR) is 137 cm³/mol. The third-order valence-corrected chi connectivity index (χ3v) is 7.39. The second-order valence-corrected chi connectivity index (χ2v) is 10.3. The Morgan fingerprint density at radius 2 is 1.97 bits per heavy atom. The molecule has 2 aliphatic rings. The lowest BCUT2D eigenvalue weighted by Gasteiger charge is -2.42. The van der Waals surface area contributed by atoms with Gasteiger partial charge in [-0.3, -0.25) is 0 Å². The minimum Gasteiger partial charge on any atom is -0.420 e. The van der Waals surface area contributed by atoms with E-state index in [1.807, 2.05) is 36.2 Å². The number of piperidine rings is 1. The van der Waals surface area contributed by atoms with E-state index in [2.05, 4.69) is 10.6 Å². The molecule has 1 unspecified atom stereocenters. The number of carbonyl (C=O) groups excluding carboxylic acids is 2. The maximum Gasteiger partial charge on any atom is 0.406 e. The largest absolute Gasteiger partial charge is 0.420 e. The molecule has 3 rings (SSSR count). The molecular formula is C26H41ClN4O4. The van der Waals surface area contributed by atoms with Crippen LogP contribution in [-0.2, 0) is 9.47 Å². The summed E-state index contributed by atoms with van der Waals surface area (Å²) in [6.45, 7) is 3.37. The Morgan fingerprint density at radius 3 is 2.66 bits per heavy atom. The molecular weight excluding hydrogens is 468 g/mol. The van der Waals surface area contributed by atoms with Crippen LogP contribution in [0.1, 0.15) is 69.9 Å². The highest BCUT2D eigenvalue weighted by atomic mass is 35.5. The topological polar surface area (TPSA) is 106 Å². The van der Waals surface area contributed by atoms with Crippen LogP contribution in [0.4, 0.5) is 9.59 Å². The molecule has 0 spiro atoms. The molecule has 1 saturated heterocycles. The highest BCUT2D eigenvalue weighted by Crippen LogP contribution is 2.37. The number of likely N-dealkylation sites (N-methyl/N-ethyl adjacent to an activating group) is 1. The third-order valence-electron chi connectivity index (χ3n) is 7.16. The second-order valence-electron chi connectivity index (χ2n) is 9.88. The van der Waals surface area contributed by atoms with Gasteiger partial charge in [-0.1, -0.05) is 55.8 Å². The summed E-state index contributed by atoms with van der Waals surface area (Å²) in [5.74, 6) is 0.688. The van der Waals surface area contributed by atoms with Gasteiger partial charge in [-0.2, -0.15) is 0 Å². The van der Waals surface area contributed by atoms with Gasteiger partial charge in [-0.05, 0) is 56.8 Å². The van der Waals surface area contributed by atoms with E-state index >= 15 is 0 Å². The van der Waals surface area contributed by atoms with Crippen LogP contribution in [0, 0.1) is 11.8 Å². The first-order chi connectivity index (χ1) is 16.9. The summed E-state index contributed by atoms with van der Waals surface area (Å²) < 4.78 is 10.7. The fraction of sp³-hybridized carbons (Fsp3) is 0.692. The zero-order valence-corrected chi connectivity index (χ0v) is 21.8. The summed E-state index contributed by atoms with van der Waals surface area (Å²) in [7, 11) is 1.93. The van der Waals surface area contributed by atoms with Crippen LogP contribution in [0.5, 0.6) is 0 Å². The number of likely N-dealkylation sites (tertiary alicyclic amines) is 1. The predicted octanol–water partition coefficient (Wildman–Crippen LogP) is 4.82. The van der Waals surface area contributed by atoms with E-state index in [-0.39, 0.29) is 24.0 Å². The van der Waals surface area contributed by atoms with Crippen molar-refractivity contribution in [3.63, 3.8) is 0 Å². The van der Waals surface area contributed by atoms with Crippen molar-refractivity contribution in [3.8, 4) is 0 Å². The van der Waals surface area contributed by atoms with Crippen LogP contribution in [0.25, 0.3) is 0 Å². The SMILES string of the molecule is CNC[C@H](CC1CCCCC1)NC(=O)N1CCC[C@@H](COC(C)OC(N)=O)[C@@H]1c1cccc(Cl)c1. The molecule has 196 valence electrons. The van der Waals surface area contributed by atoms with E-state index < -0.39 is 12.4 Å². The lowest BCUT2D eigenvalue weighted by molar-refractivity contribution is -0.109. The van der Waals surface area contributed by atoms with Crippen molar-refractivity contribution in [2.75, 3.05) is 26.7 Å². The summed E-state index contributed by atoms with van der Waals surface area (Å²) >= 11 is 6.33. The maximum atomic E-state index is 13.7. The normalized spacial score (nSPS) is 22.9. The maximum absolute atomic E-state index is 13.7. The smallest absolute Gasteiger partial charge is 0.406 e. The van der Waals surface area contributed by atoms with Crippen molar-refractivity contribution in [1.29, 1.82) is 0 Å². The van der Waals surface area contributed by atoms with Gasteiger partial charge in [-0.15, -0.1) is 0 Å². The van der Waals surface area contributed by atoms with Gasteiger partial charge in [0.15, 0.2) is 0 Å². The Morgan fingerprint density at radius 1 is 1.20 bits per heavy atom. The van der Waals surface area contributed by atoms with Crippen LogP contribution in [0.2, 0.25) is 5.02 Å². The van der Waals surface area contributed by atoms with Crippen LogP contribution < -0.4 is 16.4 Å². The number of rotatable bonds is 10. The number of carbonyl (C=O) groups is 2. The Balaban J connectivity index is 1.74. The number of halogens is 1. The van der Waals surface area contributed by atoms with Gasteiger partial charge in [0.2, 0.25) is 6.29 Å². The Kier molecular flexibility index (Phi) is 10.9. The number of hydrogen-bond donors (Lipinski definition) is 3. The molecule has 2 fully saturated rings. The third kappa shape index (κ3) is 8.54. The Hall–Kier alpha value is -2.03. The zero-order chi connectivity index (χ0) is 25.2. The lowest BCUT2D eigenvalue weighted by Crippen LogP contribution is -2.53. The molecule has 1 saturated carbocycles. The van der Waals surface area contributed by atoms with Gasteiger partial charge in [0.05, 0.1) is 12.6 Å². The first-order valence-electron chi connectivity index (χ1n) is 12.9. The van der Waals surface area contributed by atoms with Gasteiger partial charge in [0.1, 0.15) is 0 Å². The van der Waals surface area contributed by atoms with Crippen LogP contribution in [0.15, 0.2) is 24.3 Å². The highest BCUT2D eigenvalue weighted by Gasteiger charge is 2.37. The average molecular weight is 509 g/mol. The van der Waals surface area contributed by atoms with Crippen molar-refractivity contribution in [2.24, 2.45) is 17.6 Å². The number of nitrogens with one attached hydrogen (secondary N) is 2. The van der Waals surface area contributed by atoms with E-state index in [4.69, 9.17) is 26.8 Å². The number of ether oxygens (including phenoxy) is 2. The molecule has 0 aromatic heterocycles. The van der Waals surface area contributed by atoms with Crippen molar-refractivity contribution in [2.45, 2.75) is 76.7 Å². The summed E-state index contributed by atoms with van der Waals surface area (Å²) in [4.78, 5) is 26.6. The first-order valence-corrected chi connectivity index (χ1v) is 13.3. The Bertz CT molecular complexity index is 820. The number of benzene rings is 1. The monoisotopic (exact) mass is 508 g/mol. The van der Waals surface area contributed by atoms with E-state index in [1.165, 1.54) is 32.1 Å². The number of urea groups is 1. The molecule has 4 atom stereocenters. The molecule has 1 aromatic rings. The lowest BCUT2D eigenvalue weighted by atomic mass is 9.84. The summed E-state index contributed by atoms with van der Waals surface area (Å²) in [5, 5.41) is 7.21. The highest BCUT2D eigenvalue weighted by molar-refractivity contribution is 6.30. The molecule has 1 aliphatic carbocycles. The first kappa shape index (κ1) is 27.6. The van der Waals surface area contributed by atoms with E-state index in [0.29, 0.717) is 24.1 Å². The van der Waals surface area contributed by atoms with Crippen molar-refractivity contribution in [1.82, 2.24) is 15.5 Å². The van der Waals surface area contributed by atoms with Gasteiger partial charge >= 0.3 is 12.1 Å². The number of hydrogen-bond acceptors (Lipinski definition) is 5. The molecule has 4 N–H and O–H groups in total. The van der Waals surface area contributed by atoms with Crippen molar-refractivity contribution < 1.29 is 19.1 Å². The van der Waals surface area contributed by atoms with Gasteiger partial charge in [0, 0.05) is 30.1 Å². The van der Waals surface area contributed by atoms with Crippen molar-refractivity contribution in [3.05, 3.63) is 34.9 Å². The molecule has 1 aliphatic heterocycles. The summed E-state index contributed by atoms with van der Waals surface area (Å²) in [6.07, 6.45) is 7.49. The number of nitrogens with two attached hydrogens (primary N) is 1. The van der Waals surface area contributed by atoms with Crippen molar-refractivity contribution >= 4 is 23.7 Å². The molecule has 0 radical (unpaired) electrons. The quantitative estimate of drug-likeness (QED) is 0.393. The molecule has 9 heteroatoms. The number of nitrogens with zero attached hydrogens (tertiary/aromatic N) is 1. The van der Waals surface area contributed by atoms with E-state index in [0.717, 1.165) is 31.4 Å². The molecule has 8 nitrogen and oxygen atoms in total. The van der Waals surface area contributed by atoms with Crippen LogP contribution in [0.3, 0.4) is 0 Å².